The summed E-state index contributed by atoms with van der Waals surface area (Å²) in [6, 6.07) is 14.5. The quantitative estimate of drug-likeness (QED) is 0.186. The molecule has 6 heteroatoms. The molecule has 154 valence electrons. The number of methoxy groups -OCH3 is 1. The Morgan fingerprint density at radius 1 is 1.03 bits per heavy atom. The van der Waals surface area contributed by atoms with Gasteiger partial charge in [0.05, 0.1) is 13.0 Å². The third-order valence-electron chi connectivity index (χ3n) is 4.88. The van der Waals surface area contributed by atoms with Crippen molar-refractivity contribution in [2.45, 2.75) is 39.0 Å². The number of amidine groups is 1. The van der Waals surface area contributed by atoms with Crippen LogP contribution in [0.25, 0.3) is 0 Å². The van der Waals surface area contributed by atoms with Crippen molar-refractivity contribution in [1.82, 2.24) is 0 Å². The maximum Gasteiger partial charge on any atom is 0.309 e. The first-order valence-corrected chi connectivity index (χ1v) is 9.44. The predicted molar refractivity (Wildman–Crippen MR) is 112 cm³/mol. The second kappa shape index (κ2) is 9.37. The van der Waals surface area contributed by atoms with Crippen LogP contribution in [-0.2, 0) is 21.4 Å². The topological polar surface area (TPSA) is 102 Å². The maximum atomic E-state index is 12.7. The summed E-state index contributed by atoms with van der Waals surface area (Å²) in [7, 11) is 1.32. The molecule has 0 aromatic heterocycles. The Labute approximate surface area is 171 Å². The molecule has 2 aromatic rings. The van der Waals surface area contributed by atoms with Crippen molar-refractivity contribution < 1.29 is 19.5 Å². The van der Waals surface area contributed by atoms with Crippen LogP contribution in [0.3, 0.4) is 0 Å². The lowest BCUT2D eigenvalue weighted by atomic mass is 9.85. The van der Waals surface area contributed by atoms with Crippen molar-refractivity contribution in [2.75, 3.05) is 7.11 Å². The Kier molecular flexibility index (Phi) is 7.15. The normalized spacial score (nSPS) is 13.0. The van der Waals surface area contributed by atoms with E-state index in [9.17, 15) is 9.59 Å². The van der Waals surface area contributed by atoms with Gasteiger partial charge in [-0.3, -0.25) is 9.59 Å². The zero-order valence-electron chi connectivity index (χ0n) is 17.3. The first-order chi connectivity index (χ1) is 13.7. The van der Waals surface area contributed by atoms with Gasteiger partial charge in [-0.05, 0) is 23.0 Å². The van der Waals surface area contributed by atoms with Gasteiger partial charge in [-0.1, -0.05) is 74.5 Å². The van der Waals surface area contributed by atoms with Crippen molar-refractivity contribution in [3.05, 3.63) is 70.8 Å². The predicted octanol–water partition coefficient (Wildman–Crippen LogP) is 3.68. The van der Waals surface area contributed by atoms with Crippen molar-refractivity contribution in [2.24, 2.45) is 16.8 Å². The van der Waals surface area contributed by atoms with Gasteiger partial charge >= 0.3 is 5.97 Å². The lowest BCUT2D eigenvalue weighted by molar-refractivity contribution is -0.145. The first-order valence-electron chi connectivity index (χ1n) is 9.44. The molecule has 0 aliphatic carbocycles. The third-order valence-corrected chi connectivity index (χ3v) is 4.88. The summed E-state index contributed by atoms with van der Waals surface area (Å²) in [5, 5.41) is 11.7. The second-order valence-electron chi connectivity index (χ2n) is 8.06. The van der Waals surface area contributed by atoms with Gasteiger partial charge in [0.25, 0.3) is 0 Å². The summed E-state index contributed by atoms with van der Waals surface area (Å²) in [4.78, 5) is 25.0. The summed E-state index contributed by atoms with van der Waals surface area (Å²) in [5.74, 6) is -1.11. The summed E-state index contributed by atoms with van der Waals surface area (Å²) >= 11 is 0. The monoisotopic (exact) mass is 396 g/mol. The van der Waals surface area contributed by atoms with Crippen molar-refractivity contribution in [3.8, 4) is 0 Å². The van der Waals surface area contributed by atoms with Gasteiger partial charge in [0.1, 0.15) is 0 Å². The van der Waals surface area contributed by atoms with E-state index < -0.39 is 11.9 Å². The van der Waals surface area contributed by atoms with E-state index in [4.69, 9.17) is 15.7 Å². The number of Topliss-reactive ketones (excluding diaryl/α,β-unsaturated/α-hetero) is 1. The number of benzene rings is 2. The van der Waals surface area contributed by atoms with E-state index in [0.717, 1.165) is 11.1 Å². The highest BCUT2D eigenvalue weighted by Gasteiger charge is 2.24. The molecule has 2 aromatic carbocycles. The molecule has 0 spiro atoms. The molecule has 0 aliphatic heterocycles. The van der Waals surface area contributed by atoms with E-state index in [1.54, 1.807) is 24.3 Å². The molecule has 0 aliphatic rings. The first kappa shape index (κ1) is 22.1. The van der Waals surface area contributed by atoms with Gasteiger partial charge in [0, 0.05) is 17.5 Å². The number of rotatable bonds is 7. The number of hydrogen-bond donors (Lipinski definition) is 2. The van der Waals surface area contributed by atoms with Gasteiger partial charge in [-0.15, -0.1) is 0 Å². The second-order valence-corrected chi connectivity index (χ2v) is 8.06. The fourth-order valence-electron chi connectivity index (χ4n) is 3.06. The lowest BCUT2D eigenvalue weighted by Gasteiger charge is -2.19. The minimum Gasteiger partial charge on any atom is -0.469 e. The molecule has 0 bridgehead atoms. The van der Waals surface area contributed by atoms with Crippen molar-refractivity contribution in [3.63, 3.8) is 0 Å². The van der Waals surface area contributed by atoms with Crippen LogP contribution in [0.2, 0.25) is 0 Å². The van der Waals surface area contributed by atoms with Crippen LogP contribution in [0.5, 0.6) is 0 Å². The van der Waals surface area contributed by atoms with Crippen molar-refractivity contribution >= 4 is 17.6 Å². The SMILES string of the molecule is COC(=O)[C@@H](CC(=O)c1ccc(C(C)(C)C)cc1)Cc1ccc(/C(N)=N/O)cc1. The zero-order chi connectivity index (χ0) is 21.6. The molecule has 6 nitrogen and oxygen atoms in total. The van der Waals surface area contributed by atoms with E-state index in [-0.39, 0.29) is 23.5 Å². The summed E-state index contributed by atoms with van der Waals surface area (Å²) in [6.07, 6.45) is 0.415. The summed E-state index contributed by atoms with van der Waals surface area (Å²) < 4.78 is 4.90. The fraction of sp³-hybridized carbons (Fsp3) is 0.348. The van der Waals surface area contributed by atoms with Crippen LogP contribution in [0.15, 0.2) is 53.7 Å². The Morgan fingerprint density at radius 2 is 1.59 bits per heavy atom. The molecule has 29 heavy (non-hydrogen) atoms. The van der Waals surface area contributed by atoms with E-state index >= 15 is 0 Å². The lowest BCUT2D eigenvalue weighted by Crippen LogP contribution is -2.22. The Morgan fingerprint density at radius 3 is 2.07 bits per heavy atom. The Hall–Kier alpha value is -3.15. The molecule has 3 N–H and O–H groups in total. The highest BCUT2D eigenvalue weighted by Crippen LogP contribution is 2.23. The molecule has 0 saturated carbocycles. The van der Waals surface area contributed by atoms with Gasteiger partial charge in [0.15, 0.2) is 11.6 Å². The number of carbonyl (C=O) groups excluding carboxylic acids is 2. The Bertz CT molecular complexity index is 879. The number of hydrogen-bond acceptors (Lipinski definition) is 5. The van der Waals surface area contributed by atoms with Crippen LogP contribution >= 0.6 is 0 Å². The van der Waals surface area contributed by atoms with Gasteiger partial charge in [0.2, 0.25) is 0 Å². The van der Waals surface area contributed by atoms with Crippen LogP contribution < -0.4 is 5.73 Å². The molecule has 0 radical (unpaired) electrons. The fourth-order valence-corrected chi connectivity index (χ4v) is 3.06. The standard InChI is InChI=1S/C23H28N2O4/c1-23(2,3)19-11-9-16(10-12-19)20(26)14-18(22(27)29-4)13-15-5-7-17(8-6-15)21(24)25-28/h5-12,18,28H,13-14H2,1-4H3,(H2,24,25)/t18-/m1/s1. The maximum absolute atomic E-state index is 12.7. The molecule has 0 heterocycles. The molecule has 0 unspecified atom stereocenters. The van der Waals surface area contributed by atoms with Gasteiger partial charge < -0.3 is 15.7 Å². The number of esters is 1. The summed E-state index contributed by atoms with van der Waals surface area (Å²) in [6.45, 7) is 6.34. The average molecular weight is 396 g/mol. The van der Waals surface area contributed by atoms with Crippen LogP contribution in [0.1, 0.15) is 54.2 Å². The highest BCUT2D eigenvalue weighted by atomic mass is 16.5. The number of nitrogens with two attached hydrogens (primary N) is 1. The Balaban J connectivity index is 2.14. The number of ketones is 1. The number of carbonyl (C=O) groups is 2. The smallest absolute Gasteiger partial charge is 0.309 e. The average Bonchev–Trinajstić information content (AvgIpc) is 2.72. The van der Waals surface area contributed by atoms with E-state index in [1.807, 2.05) is 24.3 Å². The number of ether oxygens (including phenoxy) is 1. The minimum absolute atomic E-state index is 0.00637. The van der Waals surface area contributed by atoms with Crippen LogP contribution in [0, 0.1) is 5.92 Å². The van der Waals surface area contributed by atoms with Crippen molar-refractivity contribution in [1.29, 1.82) is 0 Å². The van der Waals surface area contributed by atoms with E-state index in [0.29, 0.717) is 17.5 Å². The molecule has 0 saturated heterocycles. The van der Waals surface area contributed by atoms with E-state index in [1.165, 1.54) is 7.11 Å². The number of oxime groups is 1. The summed E-state index contributed by atoms with van der Waals surface area (Å²) in [5.41, 5.74) is 8.71. The minimum atomic E-state index is -0.593. The van der Waals surface area contributed by atoms with Crippen LogP contribution in [-0.4, -0.2) is 29.9 Å². The molecule has 1 atom stereocenters. The molecular weight excluding hydrogens is 368 g/mol. The van der Waals surface area contributed by atoms with E-state index in [2.05, 4.69) is 25.9 Å². The number of nitrogens with zero attached hydrogens (tertiary/aromatic N) is 1. The largest absolute Gasteiger partial charge is 0.469 e. The van der Waals surface area contributed by atoms with Gasteiger partial charge in [-0.2, -0.15) is 0 Å². The third kappa shape index (κ3) is 5.91. The zero-order valence-corrected chi connectivity index (χ0v) is 17.3. The molecular formula is C23H28N2O4. The van der Waals surface area contributed by atoms with Crippen LogP contribution in [0.4, 0.5) is 0 Å². The highest BCUT2D eigenvalue weighted by molar-refractivity contribution is 5.98. The molecule has 0 fully saturated rings. The molecule has 2 rings (SSSR count). The molecule has 0 amide bonds. The van der Waals surface area contributed by atoms with Gasteiger partial charge in [-0.25, -0.2) is 0 Å².